The van der Waals surface area contributed by atoms with E-state index in [9.17, 15) is 18.0 Å². The van der Waals surface area contributed by atoms with Gasteiger partial charge in [0.05, 0.1) is 0 Å². The van der Waals surface area contributed by atoms with Gasteiger partial charge in [0.25, 0.3) is 6.29 Å². The number of rotatable bonds is 1. The first-order valence-electron chi connectivity index (χ1n) is 2.55. The predicted octanol–water partition coefficient (Wildman–Crippen LogP) is 0.886. The summed E-state index contributed by atoms with van der Waals surface area (Å²) in [5.41, 5.74) is -0.377. The molecular weight excluding hydrogens is 161 g/mol. The molecule has 0 saturated heterocycles. The number of hydrogen-bond donors (Lipinski definition) is 1. The Morgan fingerprint density at radius 3 is 2.45 bits per heavy atom. The Morgan fingerprint density at radius 2 is 2.18 bits per heavy atom. The lowest BCUT2D eigenvalue weighted by Gasteiger charge is -1.98. The fourth-order valence-corrected chi connectivity index (χ4v) is 0.519. The van der Waals surface area contributed by atoms with Crippen LogP contribution >= 0.6 is 0 Å². The third-order valence-corrected chi connectivity index (χ3v) is 0.951. The van der Waals surface area contributed by atoms with Crippen molar-refractivity contribution < 1.29 is 18.0 Å². The van der Waals surface area contributed by atoms with E-state index in [0.29, 0.717) is 0 Å². The zero-order valence-electron chi connectivity index (χ0n) is 5.07. The summed E-state index contributed by atoms with van der Waals surface area (Å²) in [6, 6.07) is 0. The van der Waals surface area contributed by atoms with Crippen LogP contribution in [0.15, 0.2) is 6.20 Å². The molecule has 0 aliphatic rings. The van der Waals surface area contributed by atoms with Crippen LogP contribution in [0.25, 0.3) is 0 Å². The molecule has 0 amide bonds. The summed E-state index contributed by atoms with van der Waals surface area (Å²) in [4.78, 5) is 14.5. The highest BCUT2D eigenvalue weighted by Crippen LogP contribution is 2.25. The lowest BCUT2D eigenvalue weighted by Crippen LogP contribution is -2.07. The van der Waals surface area contributed by atoms with Gasteiger partial charge in [0.1, 0.15) is 5.69 Å². The molecule has 1 heterocycles. The average Bonchev–Trinajstić information content (AvgIpc) is 2.32. The van der Waals surface area contributed by atoms with Gasteiger partial charge in [-0.05, 0) is 0 Å². The van der Waals surface area contributed by atoms with E-state index in [1.165, 1.54) is 6.29 Å². The van der Waals surface area contributed by atoms with Crippen molar-refractivity contribution in [3.05, 3.63) is 17.7 Å². The molecule has 0 bridgehead atoms. The number of carbonyl (C=O) groups excluding carboxylic acids is 1. The molecule has 0 aliphatic carbocycles. The number of alkyl halides is 3. The van der Waals surface area contributed by atoms with Crippen LogP contribution < -0.4 is 0 Å². The highest BCUT2D eigenvalue weighted by molar-refractivity contribution is 5.71. The van der Waals surface area contributed by atoms with E-state index in [-0.39, 0.29) is 5.69 Å². The maximum absolute atomic E-state index is 11.7. The molecule has 1 aromatic heterocycles. The Labute approximate surface area is 59.2 Å². The first-order chi connectivity index (χ1) is 5.04. The average molecular weight is 163 g/mol. The van der Waals surface area contributed by atoms with Gasteiger partial charge >= 0.3 is 6.18 Å². The number of hydrogen-bond acceptors (Lipinski definition) is 2. The molecule has 0 fully saturated rings. The van der Waals surface area contributed by atoms with E-state index in [0.717, 1.165) is 6.20 Å². The molecule has 0 aromatic carbocycles. The lowest BCUT2D eigenvalue weighted by molar-refractivity contribution is -0.144. The SMILES string of the molecule is O=[C]c1c[nH]c(C(F)(F)F)n1. The van der Waals surface area contributed by atoms with E-state index >= 15 is 0 Å². The largest absolute Gasteiger partial charge is 0.449 e. The standard InChI is InChI=1S/C5H2F3N2O/c6-5(7,8)4-9-1-3(2-11)10-4/h1H,(H,9,10). The van der Waals surface area contributed by atoms with Crippen LogP contribution in [0.3, 0.4) is 0 Å². The summed E-state index contributed by atoms with van der Waals surface area (Å²) in [6.07, 6.45) is -2.46. The Kier molecular flexibility index (Phi) is 1.67. The molecule has 1 aromatic rings. The van der Waals surface area contributed by atoms with Crippen molar-refractivity contribution in [1.82, 2.24) is 9.97 Å². The molecule has 1 N–H and O–H groups in total. The minimum Gasteiger partial charge on any atom is -0.340 e. The maximum atomic E-state index is 11.7. The Hall–Kier alpha value is -1.33. The van der Waals surface area contributed by atoms with Crippen LogP contribution in [-0.2, 0) is 11.0 Å². The maximum Gasteiger partial charge on any atom is 0.449 e. The molecule has 0 unspecified atom stereocenters. The third kappa shape index (κ3) is 1.57. The molecule has 0 spiro atoms. The second kappa shape index (κ2) is 2.37. The molecule has 0 saturated carbocycles. The zero-order chi connectivity index (χ0) is 8.48. The smallest absolute Gasteiger partial charge is 0.340 e. The van der Waals surface area contributed by atoms with Gasteiger partial charge in [-0.3, -0.25) is 4.79 Å². The molecule has 59 valence electrons. The number of aromatic amines is 1. The van der Waals surface area contributed by atoms with Crippen LogP contribution in [-0.4, -0.2) is 16.3 Å². The quantitative estimate of drug-likeness (QED) is 0.668. The normalized spacial score (nSPS) is 11.5. The fraction of sp³-hybridized carbons (Fsp3) is 0.200. The predicted molar refractivity (Wildman–Crippen MR) is 28.4 cm³/mol. The van der Waals surface area contributed by atoms with E-state index < -0.39 is 12.0 Å². The first-order valence-corrected chi connectivity index (χ1v) is 2.55. The number of halogens is 3. The second-order valence-corrected chi connectivity index (χ2v) is 1.73. The third-order valence-electron chi connectivity index (χ3n) is 0.951. The van der Waals surface area contributed by atoms with E-state index in [1.807, 2.05) is 0 Å². The number of imidazole rings is 1. The van der Waals surface area contributed by atoms with Crippen molar-refractivity contribution in [3.63, 3.8) is 0 Å². The minimum absolute atomic E-state index is 0.377. The first kappa shape index (κ1) is 7.77. The minimum atomic E-state index is -4.53. The van der Waals surface area contributed by atoms with Gasteiger partial charge < -0.3 is 4.98 Å². The van der Waals surface area contributed by atoms with E-state index in [2.05, 4.69) is 4.98 Å². The van der Waals surface area contributed by atoms with Crippen molar-refractivity contribution in [2.45, 2.75) is 6.18 Å². The Bertz CT molecular complexity index is 265. The molecule has 0 aliphatic heterocycles. The van der Waals surface area contributed by atoms with Gasteiger partial charge in [0.15, 0.2) is 0 Å². The molecular formula is C5H2F3N2O. The van der Waals surface area contributed by atoms with Crippen molar-refractivity contribution in [2.24, 2.45) is 0 Å². The summed E-state index contributed by atoms with van der Waals surface area (Å²) in [5, 5.41) is 0. The zero-order valence-corrected chi connectivity index (χ0v) is 5.07. The molecule has 1 radical (unpaired) electrons. The van der Waals surface area contributed by atoms with Crippen LogP contribution in [0.4, 0.5) is 13.2 Å². The highest BCUT2D eigenvalue weighted by Gasteiger charge is 2.34. The summed E-state index contributed by atoms with van der Waals surface area (Å²) in [6.45, 7) is 0. The monoisotopic (exact) mass is 163 g/mol. The van der Waals surface area contributed by atoms with Crippen LogP contribution in [0, 0.1) is 0 Å². The summed E-state index contributed by atoms with van der Waals surface area (Å²) in [7, 11) is 0. The second-order valence-electron chi connectivity index (χ2n) is 1.73. The van der Waals surface area contributed by atoms with Gasteiger partial charge in [0.2, 0.25) is 5.82 Å². The number of aromatic nitrogens is 2. The van der Waals surface area contributed by atoms with Crippen LogP contribution in [0.2, 0.25) is 0 Å². The van der Waals surface area contributed by atoms with Crippen molar-refractivity contribution in [2.75, 3.05) is 0 Å². The molecule has 6 heteroatoms. The van der Waals surface area contributed by atoms with Crippen LogP contribution in [0.5, 0.6) is 0 Å². The topological polar surface area (TPSA) is 45.8 Å². The number of H-pyrrole nitrogens is 1. The summed E-state index contributed by atoms with van der Waals surface area (Å²) in [5.74, 6) is -1.18. The summed E-state index contributed by atoms with van der Waals surface area (Å²) < 4.78 is 35.1. The number of nitrogens with one attached hydrogen (secondary N) is 1. The van der Waals surface area contributed by atoms with E-state index in [1.54, 1.807) is 4.98 Å². The molecule has 0 atom stereocenters. The molecule has 1 rings (SSSR count). The van der Waals surface area contributed by atoms with E-state index in [4.69, 9.17) is 0 Å². The Morgan fingerprint density at radius 1 is 1.55 bits per heavy atom. The highest BCUT2D eigenvalue weighted by atomic mass is 19.4. The van der Waals surface area contributed by atoms with Gasteiger partial charge in [-0.15, -0.1) is 0 Å². The van der Waals surface area contributed by atoms with Gasteiger partial charge in [-0.2, -0.15) is 13.2 Å². The lowest BCUT2D eigenvalue weighted by atomic mass is 10.5. The number of nitrogens with zero attached hydrogens (tertiary/aromatic N) is 1. The van der Waals surface area contributed by atoms with Crippen LogP contribution in [0.1, 0.15) is 11.5 Å². The van der Waals surface area contributed by atoms with Crippen molar-refractivity contribution in [3.8, 4) is 0 Å². The van der Waals surface area contributed by atoms with Gasteiger partial charge in [0, 0.05) is 6.20 Å². The summed E-state index contributed by atoms with van der Waals surface area (Å²) >= 11 is 0. The van der Waals surface area contributed by atoms with Crippen molar-refractivity contribution >= 4 is 6.29 Å². The molecule has 11 heavy (non-hydrogen) atoms. The van der Waals surface area contributed by atoms with Gasteiger partial charge in [-0.25, -0.2) is 4.98 Å². The van der Waals surface area contributed by atoms with Gasteiger partial charge in [-0.1, -0.05) is 0 Å². The Balaban J connectivity index is 2.98. The van der Waals surface area contributed by atoms with Crippen molar-refractivity contribution in [1.29, 1.82) is 0 Å². The fourth-order valence-electron chi connectivity index (χ4n) is 0.519. The molecule has 3 nitrogen and oxygen atoms in total.